The van der Waals surface area contributed by atoms with Gasteiger partial charge in [0, 0.05) is 30.6 Å². The molecule has 2 bridgehead atoms. The fourth-order valence-electron chi connectivity index (χ4n) is 5.09. The fourth-order valence-corrected chi connectivity index (χ4v) is 6.04. The molecule has 0 aromatic carbocycles. The van der Waals surface area contributed by atoms with Crippen LogP contribution in [0, 0.1) is 11.8 Å². The zero-order valence-corrected chi connectivity index (χ0v) is 18.9. The highest BCUT2D eigenvalue weighted by molar-refractivity contribution is 9.09. The van der Waals surface area contributed by atoms with Gasteiger partial charge in [0.1, 0.15) is 11.6 Å². The van der Waals surface area contributed by atoms with Crippen molar-refractivity contribution >= 4 is 33.7 Å². The van der Waals surface area contributed by atoms with E-state index in [0.29, 0.717) is 32.4 Å². The van der Waals surface area contributed by atoms with E-state index in [4.69, 9.17) is 9.84 Å². The maximum absolute atomic E-state index is 13.5. The van der Waals surface area contributed by atoms with Crippen molar-refractivity contribution in [3.8, 4) is 0 Å². The number of fused-ring (bicyclic) bond motifs is 1. The number of amides is 3. The lowest BCUT2D eigenvalue weighted by atomic mass is 9.70. The molecule has 3 aliphatic heterocycles. The van der Waals surface area contributed by atoms with Gasteiger partial charge in [-0.25, -0.2) is 0 Å². The minimum absolute atomic E-state index is 0.0313. The number of aliphatic hydroxyl groups excluding tert-OH is 1. The molecule has 3 heterocycles. The first-order valence-electron chi connectivity index (χ1n) is 10.6. The van der Waals surface area contributed by atoms with Crippen molar-refractivity contribution in [3.63, 3.8) is 0 Å². The summed E-state index contributed by atoms with van der Waals surface area (Å²) in [6.07, 6.45) is 2.03. The average Bonchev–Trinajstić information content (AvgIpc) is 3.23. The van der Waals surface area contributed by atoms with Crippen LogP contribution in [0.15, 0.2) is 0 Å². The summed E-state index contributed by atoms with van der Waals surface area (Å²) in [4.78, 5) is 41.1. The van der Waals surface area contributed by atoms with E-state index in [1.807, 2.05) is 20.8 Å². The normalized spacial score (nSPS) is 35.3. The van der Waals surface area contributed by atoms with Crippen molar-refractivity contribution in [3.05, 3.63) is 0 Å². The van der Waals surface area contributed by atoms with Gasteiger partial charge in [0.05, 0.1) is 17.9 Å². The largest absolute Gasteiger partial charge is 0.396 e. The summed E-state index contributed by atoms with van der Waals surface area (Å²) in [6.45, 7) is 6.66. The molecule has 3 amide bonds. The third-order valence-corrected chi connectivity index (χ3v) is 6.97. The Labute approximate surface area is 180 Å². The number of unbranched alkanes of at least 4 members (excludes halogenated alkanes) is 1. The number of aliphatic hydroxyl groups is 1. The molecule has 3 rings (SSSR count). The number of ether oxygens (including phenoxy) is 1. The van der Waals surface area contributed by atoms with Crippen molar-refractivity contribution in [2.45, 2.75) is 75.1 Å². The van der Waals surface area contributed by atoms with Crippen molar-refractivity contribution in [1.82, 2.24) is 15.5 Å². The molecular formula is C20H32BrN3O5. The Hall–Kier alpha value is -1.19. The fraction of sp³-hybridized carbons (Fsp3) is 0.850. The number of carbonyl (C=O) groups excluding carboxylic acids is 3. The van der Waals surface area contributed by atoms with Gasteiger partial charge in [-0.05, 0) is 39.5 Å². The molecular weight excluding hydrogens is 442 g/mol. The van der Waals surface area contributed by atoms with E-state index in [1.165, 1.54) is 0 Å². The summed E-state index contributed by atoms with van der Waals surface area (Å²) < 4.78 is 6.35. The zero-order chi connectivity index (χ0) is 21.3. The van der Waals surface area contributed by atoms with Gasteiger partial charge in [-0.1, -0.05) is 22.9 Å². The molecule has 6 atom stereocenters. The number of hydrogen-bond acceptors (Lipinski definition) is 5. The molecule has 29 heavy (non-hydrogen) atoms. The van der Waals surface area contributed by atoms with Crippen molar-refractivity contribution < 1.29 is 24.2 Å². The number of halogens is 1. The Morgan fingerprint density at radius 3 is 2.69 bits per heavy atom. The topological polar surface area (TPSA) is 108 Å². The van der Waals surface area contributed by atoms with E-state index in [9.17, 15) is 14.4 Å². The van der Waals surface area contributed by atoms with Gasteiger partial charge in [-0.15, -0.1) is 0 Å². The van der Waals surface area contributed by atoms with Crippen LogP contribution in [0.2, 0.25) is 0 Å². The monoisotopic (exact) mass is 473 g/mol. The second-order valence-electron chi connectivity index (χ2n) is 8.58. The van der Waals surface area contributed by atoms with Crippen molar-refractivity contribution in [1.29, 1.82) is 0 Å². The summed E-state index contributed by atoms with van der Waals surface area (Å²) in [7, 11) is 0. The van der Waals surface area contributed by atoms with Crippen LogP contribution in [0.25, 0.3) is 0 Å². The lowest BCUT2D eigenvalue weighted by Gasteiger charge is -2.34. The lowest BCUT2D eigenvalue weighted by Crippen LogP contribution is -2.57. The smallest absolute Gasteiger partial charge is 0.246 e. The molecule has 0 saturated carbocycles. The van der Waals surface area contributed by atoms with Crippen LogP contribution in [0.5, 0.6) is 0 Å². The van der Waals surface area contributed by atoms with Gasteiger partial charge in [-0.2, -0.15) is 0 Å². The van der Waals surface area contributed by atoms with E-state index >= 15 is 0 Å². The third-order valence-electron chi connectivity index (χ3n) is 6.13. The van der Waals surface area contributed by atoms with E-state index in [2.05, 4.69) is 26.6 Å². The van der Waals surface area contributed by atoms with Crippen LogP contribution in [0.4, 0.5) is 0 Å². The Morgan fingerprint density at radius 1 is 1.34 bits per heavy atom. The van der Waals surface area contributed by atoms with Crippen molar-refractivity contribution in [2.75, 3.05) is 19.7 Å². The Morgan fingerprint density at radius 2 is 2.07 bits per heavy atom. The number of alkyl halides is 1. The molecule has 8 nitrogen and oxygen atoms in total. The van der Waals surface area contributed by atoms with Gasteiger partial charge in [-0.3, -0.25) is 14.4 Å². The quantitative estimate of drug-likeness (QED) is 0.334. The number of nitrogens with one attached hydrogen (secondary N) is 2. The lowest BCUT2D eigenvalue weighted by molar-refractivity contribution is -0.142. The number of rotatable bonds is 9. The predicted octanol–water partition coefficient (Wildman–Crippen LogP) is 0.558. The van der Waals surface area contributed by atoms with Crippen LogP contribution in [0.3, 0.4) is 0 Å². The molecule has 9 heteroatoms. The van der Waals surface area contributed by atoms with Gasteiger partial charge in [0.15, 0.2) is 0 Å². The maximum atomic E-state index is 13.5. The van der Waals surface area contributed by atoms with E-state index in [1.54, 1.807) is 4.90 Å². The first kappa shape index (κ1) is 22.5. The predicted molar refractivity (Wildman–Crippen MR) is 110 cm³/mol. The first-order valence-corrected chi connectivity index (χ1v) is 11.5. The highest BCUT2D eigenvalue weighted by atomic mass is 79.9. The Balaban J connectivity index is 1.95. The molecule has 3 fully saturated rings. The summed E-state index contributed by atoms with van der Waals surface area (Å²) in [5.74, 6) is -1.87. The number of carbonyl (C=O) groups is 3. The molecule has 0 aliphatic carbocycles. The van der Waals surface area contributed by atoms with Crippen molar-refractivity contribution in [2.24, 2.45) is 11.8 Å². The first-order chi connectivity index (χ1) is 13.8. The highest BCUT2D eigenvalue weighted by Crippen LogP contribution is 2.59. The third kappa shape index (κ3) is 3.81. The SMILES string of the molecule is CCCNC(=O)[C@H]1[C@H]2C(=O)N(CCCCO)C(C(=O)NC(C)C)C23CC(Br)[C@@H]1O3. The standard InChI is InChI=1S/C20H32BrN3O5/c1-4-7-22-17(26)13-14-19(28)24(8-5-6-9-25)16(18(27)23-11(2)3)20(14)10-12(21)15(13)29-20/h11-16,25H,4-10H2,1-3H3,(H,22,26)(H,23,27)/t12?,13-,14-,15-,16?,20?/m0/s1. The molecule has 164 valence electrons. The molecule has 3 unspecified atom stereocenters. The van der Waals surface area contributed by atoms with E-state index < -0.39 is 29.6 Å². The zero-order valence-electron chi connectivity index (χ0n) is 17.3. The second kappa shape index (κ2) is 8.89. The van der Waals surface area contributed by atoms with Crippen LogP contribution in [0.1, 0.15) is 46.5 Å². The molecule has 3 aliphatic rings. The summed E-state index contributed by atoms with van der Waals surface area (Å²) in [5, 5.41) is 15.0. The van der Waals surface area contributed by atoms with E-state index in [0.717, 1.165) is 6.42 Å². The molecule has 3 N–H and O–H groups in total. The Kier molecular flexibility index (Phi) is 6.90. The summed E-state index contributed by atoms with van der Waals surface area (Å²) >= 11 is 3.64. The van der Waals surface area contributed by atoms with Gasteiger partial charge < -0.3 is 25.4 Å². The molecule has 1 spiro atoms. The van der Waals surface area contributed by atoms with Crippen LogP contribution < -0.4 is 10.6 Å². The van der Waals surface area contributed by atoms with Crippen LogP contribution in [-0.4, -0.2) is 76.0 Å². The molecule has 0 aromatic heterocycles. The Bertz CT molecular complexity index is 660. The molecule has 3 saturated heterocycles. The number of likely N-dealkylation sites (tertiary alicyclic amines) is 1. The molecule has 0 radical (unpaired) electrons. The summed E-state index contributed by atoms with van der Waals surface area (Å²) in [6, 6.07) is -0.843. The number of nitrogens with zero attached hydrogens (tertiary/aromatic N) is 1. The second-order valence-corrected chi connectivity index (χ2v) is 9.76. The minimum atomic E-state index is -0.998. The molecule has 0 aromatic rings. The van der Waals surface area contributed by atoms with Gasteiger partial charge in [0.25, 0.3) is 0 Å². The van der Waals surface area contributed by atoms with Crippen LogP contribution >= 0.6 is 15.9 Å². The highest BCUT2D eigenvalue weighted by Gasteiger charge is 2.76. The van der Waals surface area contributed by atoms with Gasteiger partial charge in [0.2, 0.25) is 17.7 Å². The summed E-state index contributed by atoms with van der Waals surface area (Å²) in [5.41, 5.74) is -0.998. The van der Waals surface area contributed by atoms with Gasteiger partial charge >= 0.3 is 0 Å². The van der Waals surface area contributed by atoms with E-state index in [-0.39, 0.29) is 35.2 Å². The number of hydrogen-bond donors (Lipinski definition) is 3. The maximum Gasteiger partial charge on any atom is 0.246 e. The minimum Gasteiger partial charge on any atom is -0.396 e. The average molecular weight is 474 g/mol. The van der Waals surface area contributed by atoms with Crippen LogP contribution in [-0.2, 0) is 19.1 Å².